The van der Waals surface area contributed by atoms with Crippen LogP contribution in [0, 0.1) is 3.70 Å². The second-order valence-electron chi connectivity index (χ2n) is 5.04. The molecule has 5 heteroatoms. The number of fused-ring (bicyclic) bond motifs is 1. The summed E-state index contributed by atoms with van der Waals surface area (Å²) in [5, 5.41) is 0.696. The average Bonchev–Trinajstić information content (AvgIpc) is 2.79. The molecule has 2 aromatic heterocycles. The number of imidazole rings is 1. The van der Waals surface area contributed by atoms with Crippen molar-refractivity contribution in [3.8, 4) is 16.9 Å². The van der Waals surface area contributed by atoms with Crippen LogP contribution in [0.5, 0.6) is 5.75 Å². The Morgan fingerprint density at radius 2 is 1.95 bits per heavy atom. The zero-order chi connectivity index (χ0) is 15.0. The van der Waals surface area contributed by atoms with Crippen LogP contribution in [0.1, 0.15) is 13.8 Å². The van der Waals surface area contributed by atoms with E-state index in [4.69, 9.17) is 16.3 Å². The van der Waals surface area contributed by atoms with Gasteiger partial charge in [-0.15, -0.1) is 0 Å². The van der Waals surface area contributed by atoms with Crippen molar-refractivity contribution in [1.29, 1.82) is 0 Å². The molecule has 0 aliphatic heterocycles. The molecule has 0 saturated carbocycles. The first-order chi connectivity index (χ1) is 10.0. The largest absolute Gasteiger partial charge is 0.491 e. The number of benzene rings is 1. The summed E-state index contributed by atoms with van der Waals surface area (Å²) in [5.74, 6) is 0.864. The first-order valence-corrected chi connectivity index (χ1v) is 8.09. The zero-order valence-corrected chi connectivity index (χ0v) is 14.6. The fourth-order valence-corrected chi connectivity index (χ4v) is 2.95. The van der Waals surface area contributed by atoms with E-state index < -0.39 is 0 Å². The van der Waals surface area contributed by atoms with Gasteiger partial charge in [0.25, 0.3) is 0 Å². The van der Waals surface area contributed by atoms with E-state index in [0.29, 0.717) is 5.02 Å². The lowest BCUT2D eigenvalue weighted by Crippen LogP contribution is -2.05. The molecular formula is C16H14ClIN2O. The van der Waals surface area contributed by atoms with E-state index in [9.17, 15) is 0 Å². The number of hydrogen-bond donors (Lipinski definition) is 0. The standard InChI is InChI=1S/C16H14ClIN2O/c1-10(2)21-12-5-3-11(4-6-12)13-9-20-15(18)8-19-16(20)7-14(13)17/h3-10H,1-2H3. The smallest absolute Gasteiger partial charge is 0.139 e. The van der Waals surface area contributed by atoms with Crippen LogP contribution in [0.3, 0.4) is 0 Å². The molecule has 108 valence electrons. The van der Waals surface area contributed by atoms with Crippen molar-refractivity contribution >= 4 is 39.8 Å². The van der Waals surface area contributed by atoms with Gasteiger partial charge in [-0.2, -0.15) is 0 Å². The van der Waals surface area contributed by atoms with Crippen LogP contribution in [0.4, 0.5) is 0 Å². The molecule has 0 aliphatic rings. The summed E-state index contributed by atoms with van der Waals surface area (Å²) in [6, 6.07) is 9.87. The van der Waals surface area contributed by atoms with Crippen LogP contribution in [-0.2, 0) is 0 Å². The molecule has 1 aromatic carbocycles. The molecule has 0 N–H and O–H groups in total. The Morgan fingerprint density at radius 3 is 2.62 bits per heavy atom. The van der Waals surface area contributed by atoms with Gasteiger partial charge in [0.2, 0.25) is 0 Å². The number of hydrogen-bond acceptors (Lipinski definition) is 2. The predicted octanol–water partition coefficient (Wildman–Crippen LogP) is 5.05. The van der Waals surface area contributed by atoms with Crippen molar-refractivity contribution < 1.29 is 4.74 Å². The molecule has 3 nitrogen and oxygen atoms in total. The molecule has 0 atom stereocenters. The van der Waals surface area contributed by atoms with E-state index >= 15 is 0 Å². The topological polar surface area (TPSA) is 26.5 Å². The summed E-state index contributed by atoms with van der Waals surface area (Å²) in [4.78, 5) is 4.31. The zero-order valence-electron chi connectivity index (χ0n) is 11.7. The maximum Gasteiger partial charge on any atom is 0.139 e. The fraction of sp³-hybridized carbons (Fsp3) is 0.188. The minimum absolute atomic E-state index is 0.170. The van der Waals surface area contributed by atoms with Gasteiger partial charge >= 0.3 is 0 Å². The van der Waals surface area contributed by atoms with Crippen LogP contribution < -0.4 is 4.74 Å². The second-order valence-corrected chi connectivity index (χ2v) is 6.55. The Bertz CT molecular complexity index is 781. The van der Waals surface area contributed by atoms with Crippen LogP contribution in [0.15, 0.2) is 42.7 Å². The Labute approximate surface area is 142 Å². The molecule has 3 aromatic rings. The normalized spacial score (nSPS) is 11.3. The Hall–Kier alpha value is -1.27. The van der Waals surface area contributed by atoms with Crippen LogP contribution in [0.25, 0.3) is 16.8 Å². The van der Waals surface area contributed by atoms with Gasteiger partial charge in [-0.3, -0.25) is 4.40 Å². The van der Waals surface area contributed by atoms with Crippen LogP contribution >= 0.6 is 34.2 Å². The summed E-state index contributed by atoms with van der Waals surface area (Å²) >= 11 is 8.64. The number of nitrogens with zero attached hydrogens (tertiary/aromatic N) is 2. The molecule has 0 saturated heterocycles. The van der Waals surface area contributed by atoms with Gasteiger partial charge in [-0.05, 0) is 54.1 Å². The first-order valence-electron chi connectivity index (χ1n) is 6.64. The van der Waals surface area contributed by atoms with Gasteiger partial charge in [0, 0.05) is 17.8 Å². The SMILES string of the molecule is CC(C)Oc1ccc(-c2cn3c(I)cnc3cc2Cl)cc1. The van der Waals surface area contributed by atoms with Gasteiger partial charge in [-0.1, -0.05) is 23.7 Å². The molecule has 21 heavy (non-hydrogen) atoms. The molecule has 3 rings (SSSR count). The maximum absolute atomic E-state index is 6.38. The van der Waals surface area contributed by atoms with E-state index in [-0.39, 0.29) is 6.10 Å². The number of aromatic nitrogens is 2. The quantitative estimate of drug-likeness (QED) is 0.563. The summed E-state index contributed by atoms with van der Waals surface area (Å²) in [5.41, 5.74) is 2.89. The van der Waals surface area contributed by atoms with Crippen molar-refractivity contribution in [3.63, 3.8) is 0 Å². The highest BCUT2D eigenvalue weighted by molar-refractivity contribution is 14.1. The molecular weight excluding hydrogens is 399 g/mol. The Kier molecular flexibility index (Phi) is 4.08. The highest BCUT2D eigenvalue weighted by atomic mass is 127. The van der Waals surface area contributed by atoms with Gasteiger partial charge in [-0.25, -0.2) is 4.98 Å². The maximum atomic E-state index is 6.38. The van der Waals surface area contributed by atoms with Crippen molar-refractivity contribution in [1.82, 2.24) is 9.38 Å². The van der Waals surface area contributed by atoms with Crippen molar-refractivity contribution in [2.45, 2.75) is 20.0 Å². The minimum Gasteiger partial charge on any atom is -0.491 e. The molecule has 2 heterocycles. The highest BCUT2D eigenvalue weighted by Gasteiger charge is 2.09. The molecule has 0 unspecified atom stereocenters. The molecule has 0 aliphatic carbocycles. The molecule has 0 radical (unpaired) electrons. The molecule has 0 bridgehead atoms. The lowest BCUT2D eigenvalue weighted by atomic mass is 10.1. The van der Waals surface area contributed by atoms with Crippen molar-refractivity contribution in [3.05, 3.63) is 51.4 Å². The van der Waals surface area contributed by atoms with Gasteiger partial charge < -0.3 is 4.74 Å². The van der Waals surface area contributed by atoms with Crippen LogP contribution in [-0.4, -0.2) is 15.5 Å². The monoisotopic (exact) mass is 412 g/mol. The summed E-state index contributed by atoms with van der Waals surface area (Å²) in [6.07, 6.45) is 4.02. The number of pyridine rings is 1. The van der Waals surface area contributed by atoms with E-state index in [0.717, 1.165) is 26.2 Å². The van der Waals surface area contributed by atoms with E-state index in [1.165, 1.54) is 0 Å². The molecule has 0 spiro atoms. The van der Waals surface area contributed by atoms with E-state index in [1.54, 1.807) is 0 Å². The average molecular weight is 413 g/mol. The third kappa shape index (κ3) is 3.01. The Balaban J connectivity index is 2.03. The van der Waals surface area contributed by atoms with Gasteiger partial charge in [0.05, 0.1) is 17.3 Å². The number of halogens is 2. The highest BCUT2D eigenvalue weighted by Crippen LogP contribution is 2.30. The fourth-order valence-electron chi connectivity index (χ4n) is 2.17. The van der Waals surface area contributed by atoms with Crippen molar-refractivity contribution in [2.75, 3.05) is 0 Å². The third-order valence-electron chi connectivity index (χ3n) is 3.09. The first kappa shape index (κ1) is 14.7. The van der Waals surface area contributed by atoms with E-state index in [2.05, 4.69) is 27.6 Å². The third-order valence-corrected chi connectivity index (χ3v) is 4.20. The number of rotatable bonds is 3. The summed E-state index contributed by atoms with van der Waals surface area (Å²) < 4.78 is 8.75. The van der Waals surface area contributed by atoms with Crippen LogP contribution in [0.2, 0.25) is 5.02 Å². The summed E-state index contributed by atoms with van der Waals surface area (Å²) in [6.45, 7) is 4.03. The van der Waals surface area contributed by atoms with E-state index in [1.807, 2.05) is 61.0 Å². The van der Waals surface area contributed by atoms with Crippen molar-refractivity contribution in [2.24, 2.45) is 0 Å². The van der Waals surface area contributed by atoms with Gasteiger partial charge in [0.1, 0.15) is 15.1 Å². The summed E-state index contributed by atoms with van der Waals surface area (Å²) in [7, 11) is 0. The van der Waals surface area contributed by atoms with Gasteiger partial charge in [0.15, 0.2) is 0 Å². The second kappa shape index (κ2) is 5.85. The molecule has 0 amide bonds. The lowest BCUT2D eigenvalue weighted by Gasteiger charge is -2.11. The lowest BCUT2D eigenvalue weighted by molar-refractivity contribution is 0.242. The predicted molar refractivity (Wildman–Crippen MR) is 94.1 cm³/mol. The minimum atomic E-state index is 0.170. The number of ether oxygens (including phenoxy) is 1. The molecule has 0 fully saturated rings. The Morgan fingerprint density at radius 1 is 1.24 bits per heavy atom.